The van der Waals surface area contributed by atoms with Crippen molar-refractivity contribution in [2.24, 2.45) is 5.73 Å². The third-order valence-electron chi connectivity index (χ3n) is 3.81. The molecule has 110 valence electrons. The van der Waals surface area contributed by atoms with Crippen LogP contribution in [0.4, 0.5) is 0 Å². The fraction of sp³-hybridized carbons (Fsp3) is 0.846. The fourth-order valence-electron chi connectivity index (χ4n) is 2.35. The molecule has 1 aliphatic heterocycles. The summed E-state index contributed by atoms with van der Waals surface area (Å²) in [4.78, 5) is 24.0. The van der Waals surface area contributed by atoms with E-state index >= 15 is 0 Å². The van der Waals surface area contributed by atoms with Crippen LogP contribution in [0.1, 0.15) is 39.5 Å². The SMILES string of the molecule is CCC(CC)(NC(=O)[C@@H]1CC[C@H](CN)O1)C(=O)OC. The van der Waals surface area contributed by atoms with Gasteiger partial charge in [0.25, 0.3) is 0 Å². The fourth-order valence-corrected chi connectivity index (χ4v) is 2.35. The Morgan fingerprint density at radius 1 is 1.37 bits per heavy atom. The quantitative estimate of drug-likeness (QED) is 0.680. The van der Waals surface area contributed by atoms with Gasteiger partial charge in [-0.25, -0.2) is 4.79 Å². The van der Waals surface area contributed by atoms with Gasteiger partial charge in [-0.05, 0) is 25.7 Å². The average Bonchev–Trinajstić information content (AvgIpc) is 2.92. The van der Waals surface area contributed by atoms with Crippen LogP contribution in [-0.2, 0) is 19.1 Å². The first-order chi connectivity index (χ1) is 9.02. The minimum atomic E-state index is -0.962. The van der Waals surface area contributed by atoms with Crippen LogP contribution < -0.4 is 11.1 Å². The Morgan fingerprint density at radius 2 is 2.00 bits per heavy atom. The van der Waals surface area contributed by atoms with E-state index in [2.05, 4.69) is 5.32 Å². The highest BCUT2D eigenvalue weighted by atomic mass is 16.5. The zero-order valence-electron chi connectivity index (χ0n) is 11.9. The van der Waals surface area contributed by atoms with Crippen LogP contribution in [-0.4, -0.2) is 43.3 Å². The number of hydrogen-bond acceptors (Lipinski definition) is 5. The maximum atomic E-state index is 12.2. The van der Waals surface area contributed by atoms with Crippen molar-refractivity contribution in [3.8, 4) is 0 Å². The molecule has 6 nitrogen and oxygen atoms in total. The summed E-state index contributed by atoms with van der Waals surface area (Å²) in [5, 5.41) is 2.79. The number of methoxy groups -OCH3 is 1. The van der Waals surface area contributed by atoms with Gasteiger partial charge >= 0.3 is 5.97 Å². The van der Waals surface area contributed by atoms with Crippen molar-refractivity contribution in [1.29, 1.82) is 0 Å². The van der Waals surface area contributed by atoms with Gasteiger partial charge in [-0.15, -0.1) is 0 Å². The Kier molecular flexibility index (Phi) is 5.75. The van der Waals surface area contributed by atoms with E-state index in [4.69, 9.17) is 15.2 Å². The first-order valence-corrected chi connectivity index (χ1v) is 6.79. The van der Waals surface area contributed by atoms with Crippen LogP contribution in [0.15, 0.2) is 0 Å². The van der Waals surface area contributed by atoms with E-state index < -0.39 is 17.6 Å². The van der Waals surface area contributed by atoms with Crippen molar-refractivity contribution >= 4 is 11.9 Å². The third-order valence-corrected chi connectivity index (χ3v) is 3.81. The topological polar surface area (TPSA) is 90.7 Å². The van der Waals surface area contributed by atoms with E-state index in [0.717, 1.165) is 6.42 Å². The maximum Gasteiger partial charge on any atom is 0.331 e. The number of nitrogens with one attached hydrogen (secondary N) is 1. The third kappa shape index (κ3) is 3.45. The molecule has 19 heavy (non-hydrogen) atoms. The molecule has 0 aromatic rings. The smallest absolute Gasteiger partial charge is 0.331 e. The van der Waals surface area contributed by atoms with Crippen molar-refractivity contribution < 1.29 is 19.1 Å². The second-order valence-corrected chi connectivity index (χ2v) is 4.83. The summed E-state index contributed by atoms with van der Waals surface area (Å²) in [6.45, 7) is 4.10. The molecule has 1 amide bonds. The first kappa shape index (κ1) is 15.9. The van der Waals surface area contributed by atoms with Crippen LogP contribution >= 0.6 is 0 Å². The van der Waals surface area contributed by atoms with Crippen LogP contribution in [0.25, 0.3) is 0 Å². The van der Waals surface area contributed by atoms with Gasteiger partial charge in [0.1, 0.15) is 11.6 Å². The highest BCUT2D eigenvalue weighted by molar-refractivity contribution is 5.90. The predicted octanol–water partition coefficient (Wildman–Crippen LogP) is 0.341. The Labute approximate surface area is 114 Å². The van der Waals surface area contributed by atoms with E-state index in [1.54, 1.807) is 0 Å². The van der Waals surface area contributed by atoms with E-state index in [1.807, 2.05) is 13.8 Å². The summed E-state index contributed by atoms with van der Waals surface area (Å²) in [5.41, 5.74) is 4.55. The Hall–Kier alpha value is -1.14. The number of carbonyl (C=O) groups excluding carboxylic acids is 2. The van der Waals surface area contributed by atoms with Gasteiger partial charge in [0, 0.05) is 6.54 Å². The molecule has 1 saturated heterocycles. The zero-order chi connectivity index (χ0) is 14.5. The van der Waals surface area contributed by atoms with Crippen molar-refractivity contribution in [2.75, 3.05) is 13.7 Å². The van der Waals surface area contributed by atoms with Gasteiger partial charge in [0.05, 0.1) is 13.2 Å². The van der Waals surface area contributed by atoms with Crippen molar-refractivity contribution in [1.82, 2.24) is 5.32 Å². The molecular formula is C13H24N2O4. The van der Waals surface area contributed by atoms with Gasteiger partial charge in [0.2, 0.25) is 5.91 Å². The molecule has 0 spiro atoms. The van der Waals surface area contributed by atoms with Crippen LogP contribution in [0.3, 0.4) is 0 Å². The molecule has 1 heterocycles. The lowest BCUT2D eigenvalue weighted by Gasteiger charge is -2.30. The number of nitrogens with two attached hydrogens (primary N) is 1. The van der Waals surface area contributed by atoms with E-state index in [9.17, 15) is 9.59 Å². The lowest BCUT2D eigenvalue weighted by molar-refractivity contribution is -0.153. The monoisotopic (exact) mass is 272 g/mol. The molecule has 0 bridgehead atoms. The molecule has 0 radical (unpaired) electrons. The number of esters is 1. The molecule has 1 rings (SSSR count). The Bertz CT molecular complexity index is 329. The molecule has 1 aliphatic rings. The molecule has 0 aliphatic carbocycles. The van der Waals surface area contributed by atoms with E-state index in [-0.39, 0.29) is 12.0 Å². The van der Waals surface area contributed by atoms with Gasteiger partial charge < -0.3 is 20.5 Å². The molecule has 0 unspecified atom stereocenters. The van der Waals surface area contributed by atoms with E-state index in [0.29, 0.717) is 25.8 Å². The molecule has 3 N–H and O–H groups in total. The lowest BCUT2D eigenvalue weighted by Crippen LogP contribution is -2.56. The number of carbonyl (C=O) groups is 2. The molecule has 6 heteroatoms. The molecule has 1 fully saturated rings. The summed E-state index contributed by atoms with van der Waals surface area (Å²) < 4.78 is 10.3. The van der Waals surface area contributed by atoms with Crippen molar-refractivity contribution in [2.45, 2.75) is 57.3 Å². The molecule has 0 aromatic carbocycles. The summed E-state index contributed by atoms with van der Waals surface area (Å²) in [7, 11) is 1.32. The van der Waals surface area contributed by atoms with Gasteiger partial charge in [-0.2, -0.15) is 0 Å². The normalized spacial score (nSPS) is 23.2. The number of rotatable bonds is 6. The minimum Gasteiger partial charge on any atom is -0.467 e. The Morgan fingerprint density at radius 3 is 2.42 bits per heavy atom. The summed E-state index contributed by atoms with van der Waals surface area (Å²) >= 11 is 0. The average molecular weight is 272 g/mol. The maximum absolute atomic E-state index is 12.2. The molecular weight excluding hydrogens is 248 g/mol. The number of amides is 1. The van der Waals surface area contributed by atoms with Crippen LogP contribution in [0.2, 0.25) is 0 Å². The summed E-state index contributed by atoms with van der Waals surface area (Å²) in [6, 6.07) is 0. The van der Waals surface area contributed by atoms with Crippen LogP contribution in [0, 0.1) is 0 Å². The van der Waals surface area contributed by atoms with Crippen LogP contribution in [0.5, 0.6) is 0 Å². The highest BCUT2D eigenvalue weighted by Crippen LogP contribution is 2.22. The largest absolute Gasteiger partial charge is 0.467 e. The zero-order valence-corrected chi connectivity index (χ0v) is 11.9. The lowest BCUT2D eigenvalue weighted by atomic mass is 9.92. The molecule has 0 aromatic heterocycles. The number of hydrogen-bond donors (Lipinski definition) is 2. The van der Waals surface area contributed by atoms with Crippen molar-refractivity contribution in [3.05, 3.63) is 0 Å². The van der Waals surface area contributed by atoms with Crippen molar-refractivity contribution in [3.63, 3.8) is 0 Å². The predicted molar refractivity (Wildman–Crippen MR) is 70.4 cm³/mol. The highest BCUT2D eigenvalue weighted by Gasteiger charge is 2.40. The second-order valence-electron chi connectivity index (χ2n) is 4.83. The first-order valence-electron chi connectivity index (χ1n) is 6.79. The number of ether oxygens (including phenoxy) is 2. The minimum absolute atomic E-state index is 0.0634. The summed E-state index contributed by atoms with van der Waals surface area (Å²) in [5.74, 6) is -0.677. The van der Waals surface area contributed by atoms with Gasteiger partial charge in [-0.3, -0.25) is 4.79 Å². The van der Waals surface area contributed by atoms with E-state index in [1.165, 1.54) is 7.11 Å². The second kappa shape index (κ2) is 6.86. The Balaban J connectivity index is 2.69. The van der Waals surface area contributed by atoms with Gasteiger partial charge in [0.15, 0.2) is 0 Å². The standard InChI is InChI=1S/C13H24N2O4/c1-4-13(5-2,12(17)18-3)15-11(16)10-7-6-9(8-14)19-10/h9-10H,4-8,14H2,1-3H3,(H,15,16)/t9-,10+/m1/s1. The summed E-state index contributed by atoms with van der Waals surface area (Å²) in [6.07, 6.45) is 1.79. The van der Waals surface area contributed by atoms with Gasteiger partial charge in [-0.1, -0.05) is 13.8 Å². The molecule has 0 saturated carbocycles. The molecule has 2 atom stereocenters.